The Labute approximate surface area is 158 Å². The van der Waals surface area contributed by atoms with Crippen LogP contribution >= 0.6 is 0 Å². The Morgan fingerprint density at radius 1 is 1.15 bits per heavy atom. The first-order valence-electron chi connectivity index (χ1n) is 8.80. The van der Waals surface area contributed by atoms with Gasteiger partial charge in [-0.3, -0.25) is 0 Å². The first kappa shape index (κ1) is 18.5. The molecule has 3 atom stereocenters. The highest BCUT2D eigenvalue weighted by Gasteiger charge is 2.57. The largest absolute Gasteiger partial charge is 0.497 e. The molecule has 0 spiro atoms. The van der Waals surface area contributed by atoms with Crippen LogP contribution in [0.1, 0.15) is 30.7 Å². The SMILES string of the molecule is COc1ccc([C@H]2[C@@H]3CCCC=C3[C@@H](C#N)C(=N)C2(C#N)C#N)c(OC)c1. The average Bonchev–Trinajstić information content (AvgIpc) is 2.72. The number of methoxy groups -OCH3 is 2. The van der Waals surface area contributed by atoms with E-state index >= 15 is 0 Å². The Balaban J connectivity index is 2.28. The number of fused-ring (bicyclic) bond motifs is 1. The summed E-state index contributed by atoms with van der Waals surface area (Å²) in [5.74, 6) is -0.427. The van der Waals surface area contributed by atoms with Crippen LogP contribution in [0.25, 0.3) is 0 Å². The van der Waals surface area contributed by atoms with Gasteiger partial charge in [-0.2, -0.15) is 15.8 Å². The number of ether oxygens (including phenoxy) is 2. The van der Waals surface area contributed by atoms with Gasteiger partial charge in [-0.05, 0) is 36.8 Å². The molecule has 0 aliphatic heterocycles. The monoisotopic (exact) mass is 360 g/mol. The highest BCUT2D eigenvalue weighted by Crippen LogP contribution is 2.56. The fourth-order valence-electron chi connectivity index (χ4n) is 4.43. The standard InChI is InChI=1S/C21H20N4O2/c1-26-13-7-8-16(18(9-13)27-2)19-15-6-4-3-5-14(15)17(10-22)20(25)21(19,11-23)12-24/h5,7-9,15,17,19,25H,3-4,6H2,1-2H3/t15-,17-,19-/m1/s1. The summed E-state index contributed by atoms with van der Waals surface area (Å²) in [6, 6.07) is 11.6. The lowest BCUT2D eigenvalue weighted by Gasteiger charge is -2.46. The van der Waals surface area contributed by atoms with E-state index in [2.05, 4.69) is 18.2 Å². The summed E-state index contributed by atoms with van der Waals surface area (Å²) in [7, 11) is 3.08. The molecule has 1 saturated carbocycles. The van der Waals surface area contributed by atoms with Gasteiger partial charge in [0.15, 0.2) is 5.41 Å². The summed E-state index contributed by atoms with van der Waals surface area (Å²) >= 11 is 0. The maximum absolute atomic E-state index is 10.0. The summed E-state index contributed by atoms with van der Waals surface area (Å²) < 4.78 is 10.8. The van der Waals surface area contributed by atoms with E-state index in [0.29, 0.717) is 17.1 Å². The molecule has 0 unspecified atom stereocenters. The minimum atomic E-state index is -1.71. The molecule has 3 rings (SSSR count). The minimum Gasteiger partial charge on any atom is -0.497 e. The topological polar surface area (TPSA) is 114 Å². The number of nitrogens with zero attached hydrogens (tertiary/aromatic N) is 3. The van der Waals surface area contributed by atoms with Crippen LogP contribution in [0.15, 0.2) is 29.8 Å². The zero-order chi connectivity index (χ0) is 19.6. The fraction of sp³-hybridized carbons (Fsp3) is 0.429. The molecule has 0 saturated heterocycles. The van der Waals surface area contributed by atoms with Gasteiger partial charge in [-0.1, -0.05) is 12.1 Å². The van der Waals surface area contributed by atoms with Crippen molar-refractivity contribution >= 4 is 5.71 Å². The smallest absolute Gasteiger partial charge is 0.189 e. The van der Waals surface area contributed by atoms with Crippen molar-refractivity contribution in [1.29, 1.82) is 21.2 Å². The molecule has 1 fully saturated rings. The van der Waals surface area contributed by atoms with Gasteiger partial charge in [-0.15, -0.1) is 0 Å². The van der Waals surface area contributed by atoms with Crippen LogP contribution in [0, 0.1) is 56.7 Å². The van der Waals surface area contributed by atoms with Gasteiger partial charge >= 0.3 is 0 Å². The zero-order valence-corrected chi connectivity index (χ0v) is 15.3. The van der Waals surface area contributed by atoms with E-state index in [9.17, 15) is 15.8 Å². The normalized spacial score (nSPS) is 25.8. The molecule has 1 aromatic carbocycles. The number of hydrogen-bond donors (Lipinski definition) is 1. The molecule has 6 heteroatoms. The minimum absolute atomic E-state index is 0.137. The van der Waals surface area contributed by atoms with E-state index in [1.807, 2.05) is 6.08 Å². The Hall–Kier alpha value is -3.30. The highest BCUT2D eigenvalue weighted by molar-refractivity contribution is 6.00. The molecule has 0 bridgehead atoms. The number of benzene rings is 1. The van der Waals surface area contributed by atoms with Crippen LogP contribution in [-0.2, 0) is 0 Å². The fourth-order valence-corrected chi connectivity index (χ4v) is 4.43. The Bertz CT molecular complexity index is 915. The summed E-state index contributed by atoms with van der Waals surface area (Å²) in [5, 5.41) is 38.3. The third-order valence-corrected chi connectivity index (χ3v) is 5.70. The van der Waals surface area contributed by atoms with Crippen molar-refractivity contribution in [3.63, 3.8) is 0 Å². The molecule has 0 amide bonds. The number of allylic oxidation sites excluding steroid dienone is 2. The first-order chi connectivity index (χ1) is 13.1. The van der Waals surface area contributed by atoms with Gasteiger partial charge < -0.3 is 14.9 Å². The third kappa shape index (κ3) is 2.64. The van der Waals surface area contributed by atoms with Crippen LogP contribution in [0.3, 0.4) is 0 Å². The van der Waals surface area contributed by atoms with Gasteiger partial charge in [0.25, 0.3) is 0 Å². The Morgan fingerprint density at radius 2 is 1.89 bits per heavy atom. The van der Waals surface area contributed by atoms with Gasteiger partial charge in [-0.25, -0.2) is 0 Å². The van der Waals surface area contributed by atoms with E-state index in [1.54, 1.807) is 25.3 Å². The van der Waals surface area contributed by atoms with Crippen LogP contribution < -0.4 is 9.47 Å². The molecule has 136 valence electrons. The zero-order valence-electron chi connectivity index (χ0n) is 15.3. The number of rotatable bonds is 3. The molecule has 0 heterocycles. The average molecular weight is 360 g/mol. The predicted octanol–water partition coefficient (Wildman–Crippen LogP) is 3.72. The lowest BCUT2D eigenvalue weighted by molar-refractivity contribution is 0.307. The summed E-state index contributed by atoms with van der Waals surface area (Å²) in [4.78, 5) is 0. The summed E-state index contributed by atoms with van der Waals surface area (Å²) in [5.41, 5.74) is -0.290. The van der Waals surface area contributed by atoms with Gasteiger partial charge in [0.05, 0.1) is 38.1 Å². The molecular formula is C21H20N4O2. The molecule has 0 radical (unpaired) electrons. The van der Waals surface area contributed by atoms with Gasteiger partial charge in [0.1, 0.15) is 17.4 Å². The number of nitriles is 3. The molecular weight excluding hydrogens is 340 g/mol. The quantitative estimate of drug-likeness (QED) is 0.825. The van der Waals surface area contributed by atoms with Crippen molar-refractivity contribution in [2.45, 2.75) is 25.2 Å². The van der Waals surface area contributed by atoms with Crippen molar-refractivity contribution in [1.82, 2.24) is 0 Å². The number of hydrogen-bond acceptors (Lipinski definition) is 6. The summed E-state index contributed by atoms with van der Waals surface area (Å²) in [6.07, 6.45) is 4.54. The van der Waals surface area contributed by atoms with Crippen molar-refractivity contribution in [2.24, 2.45) is 17.3 Å². The Kier molecular flexibility index (Phi) is 4.89. The lowest BCUT2D eigenvalue weighted by atomic mass is 9.53. The van der Waals surface area contributed by atoms with Crippen LogP contribution in [0.4, 0.5) is 0 Å². The van der Waals surface area contributed by atoms with E-state index in [4.69, 9.17) is 14.9 Å². The molecule has 1 aromatic rings. The molecule has 27 heavy (non-hydrogen) atoms. The summed E-state index contributed by atoms with van der Waals surface area (Å²) in [6.45, 7) is 0. The maximum Gasteiger partial charge on any atom is 0.189 e. The third-order valence-electron chi connectivity index (χ3n) is 5.70. The van der Waals surface area contributed by atoms with Crippen LogP contribution in [0.2, 0.25) is 0 Å². The second-order valence-corrected chi connectivity index (χ2v) is 6.83. The van der Waals surface area contributed by atoms with Crippen molar-refractivity contribution < 1.29 is 9.47 Å². The molecule has 1 N–H and O–H groups in total. The van der Waals surface area contributed by atoms with Crippen LogP contribution in [-0.4, -0.2) is 19.9 Å². The van der Waals surface area contributed by atoms with Crippen molar-refractivity contribution in [3.05, 3.63) is 35.4 Å². The van der Waals surface area contributed by atoms with E-state index < -0.39 is 17.3 Å². The number of nitrogens with one attached hydrogen (secondary N) is 1. The van der Waals surface area contributed by atoms with Crippen LogP contribution in [0.5, 0.6) is 11.5 Å². The maximum atomic E-state index is 10.0. The van der Waals surface area contributed by atoms with Gasteiger partial charge in [0, 0.05) is 17.5 Å². The second-order valence-electron chi connectivity index (χ2n) is 6.83. The van der Waals surface area contributed by atoms with E-state index in [0.717, 1.165) is 24.8 Å². The lowest BCUT2D eigenvalue weighted by Crippen LogP contribution is -2.48. The Morgan fingerprint density at radius 3 is 2.48 bits per heavy atom. The first-order valence-corrected chi connectivity index (χ1v) is 8.80. The molecule has 6 nitrogen and oxygen atoms in total. The predicted molar refractivity (Wildman–Crippen MR) is 98.2 cm³/mol. The van der Waals surface area contributed by atoms with Crippen molar-refractivity contribution in [2.75, 3.05) is 14.2 Å². The highest BCUT2D eigenvalue weighted by atomic mass is 16.5. The van der Waals surface area contributed by atoms with Gasteiger partial charge in [0.2, 0.25) is 0 Å². The molecule has 0 aromatic heterocycles. The van der Waals surface area contributed by atoms with Crippen molar-refractivity contribution in [3.8, 4) is 29.7 Å². The molecule has 2 aliphatic carbocycles. The molecule has 2 aliphatic rings. The van der Waals surface area contributed by atoms with E-state index in [-0.39, 0.29) is 11.6 Å². The van der Waals surface area contributed by atoms with E-state index in [1.165, 1.54) is 7.11 Å². The second kappa shape index (κ2) is 7.14.